The van der Waals surface area contributed by atoms with Gasteiger partial charge in [-0.15, -0.1) is 11.8 Å². The highest BCUT2D eigenvalue weighted by molar-refractivity contribution is 7.98. The van der Waals surface area contributed by atoms with Gasteiger partial charge in [-0.25, -0.2) is 4.79 Å². The van der Waals surface area contributed by atoms with Crippen LogP contribution in [0.2, 0.25) is 0 Å². The Kier molecular flexibility index (Phi) is 3.10. The van der Waals surface area contributed by atoms with E-state index in [4.69, 9.17) is 0 Å². The molecule has 3 nitrogen and oxygen atoms in total. The molecule has 0 aliphatic carbocycles. The summed E-state index contributed by atoms with van der Waals surface area (Å²) in [5.74, 6) is -0.383. The van der Waals surface area contributed by atoms with Crippen LogP contribution in [0.1, 0.15) is 12.5 Å². The maximum absolute atomic E-state index is 11.3. The number of nitrogens with zero attached hydrogens (tertiary/aromatic N) is 1. The molecule has 0 fully saturated rings. The second-order valence-corrected chi connectivity index (χ2v) is 4.27. The van der Waals surface area contributed by atoms with Gasteiger partial charge in [0.2, 0.25) is 0 Å². The van der Waals surface area contributed by atoms with Crippen molar-refractivity contribution in [3.63, 3.8) is 0 Å². The summed E-state index contributed by atoms with van der Waals surface area (Å²) in [6.45, 7) is 1.76. The van der Waals surface area contributed by atoms with Gasteiger partial charge in [0.25, 0.3) is 0 Å². The summed E-state index contributed by atoms with van der Waals surface area (Å²) in [7, 11) is 0. The van der Waals surface area contributed by atoms with Crippen LogP contribution in [0.25, 0.3) is 6.08 Å². The predicted octanol–water partition coefficient (Wildman–Crippen LogP) is 2.72. The molecule has 1 aromatic rings. The molecule has 0 atom stereocenters. The zero-order chi connectivity index (χ0) is 11.5. The van der Waals surface area contributed by atoms with Gasteiger partial charge < -0.3 is 4.84 Å². The van der Waals surface area contributed by atoms with Crippen molar-refractivity contribution in [2.45, 2.75) is 11.8 Å². The van der Waals surface area contributed by atoms with E-state index in [1.807, 2.05) is 30.5 Å². The molecule has 0 bridgehead atoms. The Morgan fingerprint density at radius 3 is 2.50 bits per heavy atom. The highest BCUT2D eigenvalue weighted by Gasteiger charge is 2.21. The van der Waals surface area contributed by atoms with Crippen LogP contribution >= 0.6 is 11.8 Å². The van der Waals surface area contributed by atoms with Gasteiger partial charge in [-0.05, 0) is 37.0 Å². The Balaban J connectivity index is 2.28. The molecule has 16 heavy (non-hydrogen) atoms. The van der Waals surface area contributed by atoms with Crippen LogP contribution in [0.4, 0.5) is 0 Å². The molecule has 1 heterocycles. The number of oxime groups is 1. The third-order valence-electron chi connectivity index (χ3n) is 2.30. The van der Waals surface area contributed by atoms with E-state index >= 15 is 0 Å². The smallest absolute Gasteiger partial charge is 0.312 e. The molecule has 0 radical (unpaired) electrons. The summed E-state index contributed by atoms with van der Waals surface area (Å²) in [6.07, 6.45) is 3.82. The fourth-order valence-electron chi connectivity index (χ4n) is 1.39. The van der Waals surface area contributed by atoms with Gasteiger partial charge in [0, 0.05) is 4.90 Å². The summed E-state index contributed by atoms with van der Waals surface area (Å²) >= 11 is 1.69. The van der Waals surface area contributed by atoms with Gasteiger partial charge >= 0.3 is 5.97 Å². The Morgan fingerprint density at radius 1 is 1.31 bits per heavy atom. The second-order valence-electron chi connectivity index (χ2n) is 3.39. The van der Waals surface area contributed by atoms with E-state index in [0.717, 1.165) is 5.56 Å². The molecule has 0 aromatic heterocycles. The number of carbonyl (C=O) groups excluding carboxylic acids is 1. The van der Waals surface area contributed by atoms with Crippen molar-refractivity contribution in [1.29, 1.82) is 0 Å². The number of hydrogen-bond donors (Lipinski definition) is 0. The summed E-state index contributed by atoms with van der Waals surface area (Å²) in [5.41, 5.74) is 2.12. The van der Waals surface area contributed by atoms with Crippen LogP contribution < -0.4 is 0 Å². The SMILES string of the molecule is CSc1ccc(C=C2C(=O)ON=C2C)cc1. The van der Waals surface area contributed by atoms with E-state index in [1.165, 1.54) is 4.90 Å². The molecule has 82 valence electrons. The van der Waals surface area contributed by atoms with Crippen molar-refractivity contribution >= 4 is 29.5 Å². The zero-order valence-electron chi connectivity index (χ0n) is 9.06. The highest BCUT2D eigenvalue weighted by atomic mass is 32.2. The molecule has 0 saturated carbocycles. The van der Waals surface area contributed by atoms with Crippen molar-refractivity contribution in [3.8, 4) is 0 Å². The van der Waals surface area contributed by atoms with Crippen LogP contribution in [0.5, 0.6) is 0 Å². The molecule has 0 amide bonds. The topological polar surface area (TPSA) is 38.7 Å². The average Bonchev–Trinajstić information content (AvgIpc) is 2.62. The first-order valence-corrected chi connectivity index (χ1v) is 6.05. The maximum Gasteiger partial charge on any atom is 0.367 e. The number of benzene rings is 1. The van der Waals surface area contributed by atoms with Crippen molar-refractivity contribution < 1.29 is 9.63 Å². The van der Waals surface area contributed by atoms with E-state index < -0.39 is 0 Å². The number of thioether (sulfide) groups is 1. The number of hydrogen-bond acceptors (Lipinski definition) is 4. The van der Waals surface area contributed by atoms with E-state index in [2.05, 4.69) is 9.99 Å². The third kappa shape index (κ3) is 2.17. The standard InChI is InChI=1S/C12H11NO2S/c1-8-11(12(14)15-13-8)7-9-3-5-10(16-2)6-4-9/h3-7H,1-2H3. The van der Waals surface area contributed by atoms with Gasteiger partial charge in [0.05, 0.1) is 11.3 Å². The summed E-state index contributed by atoms with van der Waals surface area (Å²) in [5, 5.41) is 3.62. The average molecular weight is 233 g/mol. The summed E-state index contributed by atoms with van der Waals surface area (Å²) in [6, 6.07) is 7.98. The largest absolute Gasteiger partial charge is 0.367 e. The normalized spacial score (nSPS) is 17.5. The van der Waals surface area contributed by atoms with Crippen LogP contribution in [-0.4, -0.2) is 17.9 Å². The monoisotopic (exact) mass is 233 g/mol. The Morgan fingerprint density at radius 2 is 2.00 bits per heavy atom. The quantitative estimate of drug-likeness (QED) is 0.448. The van der Waals surface area contributed by atoms with Crippen molar-refractivity contribution in [2.75, 3.05) is 6.26 Å². The number of rotatable bonds is 2. The maximum atomic E-state index is 11.3. The van der Waals surface area contributed by atoms with Gasteiger partial charge in [0.1, 0.15) is 0 Å². The van der Waals surface area contributed by atoms with Gasteiger partial charge in [0.15, 0.2) is 0 Å². The first-order chi connectivity index (χ1) is 7.70. The van der Waals surface area contributed by atoms with Gasteiger partial charge in [-0.1, -0.05) is 17.3 Å². The first kappa shape index (κ1) is 11.0. The molecule has 2 rings (SSSR count). The number of carbonyl (C=O) groups is 1. The van der Waals surface area contributed by atoms with Gasteiger partial charge in [-0.2, -0.15) is 0 Å². The lowest BCUT2D eigenvalue weighted by Gasteiger charge is -1.98. The van der Waals surface area contributed by atoms with Crippen molar-refractivity contribution in [3.05, 3.63) is 35.4 Å². The first-order valence-electron chi connectivity index (χ1n) is 4.83. The lowest BCUT2D eigenvalue weighted by molar-refractivity contribution is -0.136. The Bertz CT molecular complexity index is 474. The molecule has 4 heteroatoms. The van der Waals surface area contributed by atoms with E-state index in [1.54, 1.807) is 24.8 Å². The fourth-order valence-corrected chi connectivity index (χ4v) is 1.79. The minimum Gasteiger partial charge on any atom is -0.312 e. The Labute approximate surface area is 98.2 Å². The summed E-state index contributed by atoms with van der Waals surface area (Å²) in [4.78, 5) is 17.1. The lowest BCUT2D eigenvalue weighted by Crippen LogP contribution is -2.01. The highest BCUT2D eigenvalue weighted by Crippen LogP contribution is 2.18. The van der Waals surface area contributed by atoms with E-state index in [0.29, 0.717) is 11.3 Å². The van der Waals surface area contributed by atoms with Crippen LogP contribution in [0.15, 0.2) is 39.9 Å². The molecule has 0 N–H and O–H groups in total. The minimum atomic E-state index is -0.383. The molecule has 0 saturated heterocycles. The molecule has 1 aromatic carbocycles. The van der Waals surface area contributed by atoms with Crippen LogP contribution in [0.3, 0.4) is 0 Å². The zero-order valence-corrected chi connectivity index (χ0v) is 9.88. The second kappa shape index (κ2) is 4.53. The van der Waals surface area contributed by atoms with Crippen LogP contribution in [0, 0.1) is 0 Å². The third-order valence-corrected chi connectivity index (χ3v) is 3.05. The predicted molar refractivity (Wildman–Crippen MR) is 65.4 cm³/mol. The molecule has 0 unspecified atom stereocenters. The van der Waals surface area contributed by atoms with Gasteiger partial charge in [-0.3, -0.25) is 0 Å². The molecule has 1 aliphatic rings. The van der Waals surface area contributed by atoms with Crippen LogP contribution in [-0.2, 0) is 9.63 Å². The molecular formula is C12H11NO2S. The van der Waals surface area contributed by atoms with Crippen molar-refractivity contribution in [1.82, 2.24) is 0 Å². The molecular weight excluding hydrogens is 222 g/mol. The van der Waals surface area contributed by atoms with E-state index in [-0.39, 0.29) is 5.97 Å². The van der Waals surface area contributed by atoms with Crippen molar-refractivity contribution in [2.24, 2.45) is 5.16 Å². The lowest BCUT2D eigenvalue weighted by atomic mass is 10.1. The Hall–Kier alpha value is -1.55. The minimum absolute atomic E-state index is 0.383. The molecule has 1 aliphatic heterocycles. The van der Waals surface area contributed by atoms with E-state index in [9.17, 15) is 4.79 Å². The summed E-state index contributed by atoms with van der Waals surface area (Å²) < 4.78 is 0. The molecule has 0 spiro atoms. The fraction of sp³-hybridized carbons (Fsp3) is 0.167.